The molecule has 0 bridgehead atoms. The van der Waals surface area contributed by atoms with Gasteiger partial charge in [0.1, 0.15) is 4.61 Å². The lowest BCUT2D eigenvalue weighted by Crippen LogP contribution is -2.51. The number of ketones is 1. The zero-order valence-corrected chi connectivity index (χ0v) is 17.4. The summed E-state index contributed by atoms with van der Waals surface area (Å²) in [7, 11) is 0. The summed E-state index contributed by atoms with van der Waals surface area (Å²) in [6.07, 6.45) is 1.86. The van der Waals surface area contributed by atoms with E-state index in [2.05, 4.69) is 58.3 Å². The van der Waals surface area contributed by atoms with Crippen molar-refractivity contribution in [3.05, 3.63) is 56.3 Å². The zero-order chi connectivity index (χ0) is 18.7. The van der Waals surface area contributed by atoms with Gasteiger partial charge in [0.15, 0.2) is 11.9 Å². The van der Waals surface area contributed by atoms with Gasteiger partial charge in [-0.05, 0) is 51.9 Å². The highest BCUT2D eigenvalue weighted by atomic mass is 79.9. The number of Topliss-reactive ketones (excluding diaryl/α,β-unsaturated/α-hetero) is 1. The molecule has 0 amide bonds. The molecule has 1 aromatic carbocycles. The monoisotopic (exact) mass is 433 g/mol. The van der Waals surface area contributed by atoms with Gasteiger partial charge in [0.05, 0.1) is 5.41 Å². The SMILES string of the molecule is CC[C@]1(c2cccc(Cl)c2)C2=C(CC(C)(C)CC2=O)NC2N=NC(Br)=C21. The van der Waals surface area contributed by atoms with Crippen LogP contribution in [0.4, 0.5) is 0 Å². The molecule has 3 aliphatic rings. The first-order valence-corrected chi connectivity index (χ1v) is 10.1. The van der Waals surface area contributed by atoms with Crippen LogP contribution in [0.1, 0.15) is 45.6 Å². The lowest BCUT2D eigenvalue weighted by molar-refractivity contribution is -0.119. The number of carbonyl (C=O) groups excluding carboxylic acids is 1. The second-order valence-electron chi connectivity index (χ2n) is 8.03. The minimum Gasteiger partial charge on any atom is -0.362 e. The molecule has 0 fully saturated rings. The fourth-order valence-electron chi connectivity index (χ4n) is 4.71. The summed E-state index contributed by atoms with van der Waals surface area (Å²) >= 11 is 9.91. The third-order valence-electron chi connectivity index (χ3n) is 5.68. The van der Waals surface area contributed by atoms with E-state index in [0.717, 1.165) is 35.2 Å². The quantitative estimate of drug-likeness (QED) is 0.613. The third kappa shape index (κ3) is 2.51. The summed E-state index contributed by atoms with van der Waals surface area (Å²) < 4.78 is 0.709. The van der Waals surface area contributed by atoms with Crippen LogP contribution in [-0.4, -0.2) is 11.9 Å². The number of hydrogen-bond acceptors (Lipinski definition) is 4. The second kappa shape index (κ2) is 6.03. The average Bonchev–Trinajstić information content (AvgIpc) is 2.93. The van der Waals surface area contributed by atoms with Crippen molar-refractivity contribution in [1.82, 2.24) is 5.32 Å². The summed E-state index contributed by atoms with van der Waals surface area (Å²) in [4.78, 5) is 13.3. The van der Waals surface area contributed by atoms with E-state index in [1.165, 1.54) is 0 Å². The van der Waals surface area contributed by atoms with Crippen LogP contribution in [-0.2, 0) is 10.2 Å². The van der Waals surface area contributed by atoms with Gasteiger partial charge in [-0.1, -0.05) is 44.5 Å². The van der Waals surface area contributed by atoms with Crippen molar-refractivity contribution in [2.45, 2.75) is 51.6 Å². The highest BCUT2D eigenvalue weighted by molar-refractivity contribution is 9.11. The highest BCUT2D eigenvalue weighted by Crippen LogP contribution is 2.55. The number of carbonyl (C=O) groups is 1. The molecule has 1 aromatic rings. The van der Waals surface area contributed by atoms with Gasteiger partial charge >= 0.3 is 0 Å². The van der Waals surface area contributed by atoms with Gasteiger partial charge in [0.25, 0.3) is 0 Å². The van der Waals surface area contributed by atoms with E-state index in [-0.39, 0.29) is 17.4 Å². The molecule has 2 atom stereocenters. The molecule has 26 heavy (non-hydrogen) atoms. The fraction of sp³-hybridized carbons (Fsp3) is 0.450. The van der Waals surface area contributed by atoms with Gasteiger partial charge in [0.2, 0.25) is 0 Å². The van der Waals surface area contributed by atoms with Crippen molar-refractivity contribution in [3.8, 4) is 0 Å². The summed E-state index contributed by atoms with van der Waals surface area (Å²) in [6.45, 7) is 6.40. The minimum absolute atomic E-state index is 0.0646. The number of halogens is 2. The number of fused-ring (bicyclic) bond motifs is 1. The van der Waals surface area contributed by atoms with Gasteiger partial charge in [-0.2, -0.15) is 5.11 Å². The number of azo groups is 1. The minimum atomic E-state index is -0.563. The Hall–Kier alpha value is -1.46. The molecule has 4 rings (SSSR count). The Labute approximate surface area is 166 Å². The van der Waals surface area contributed by atoms with Crippen molar-refractivity contribution >= 4 is 33.3 Å². The standard InChI is InChI=1S/C20H21BrClN3O/c1-4-20(11-6-5-7-12(22)8-11)15-13(9-19(2,3)10-14(15)26)23-18-16(20)17(21)24-25-18/h5-8,18,23H,4,9-10H2,1-3H3/t18?,20-/m0/s1. The number of nitrogens with one attached hydrogen (secondary N) is 1. The van der Waals surface area contributed by atoms with Crippen molar-refractivity contribution < 1.29 is 4.79 Å². The lowest BCUT2D eigenvalue weighted by atomic mass is 9.59. The number of hydrogen-bond donors (Lipinski definition) is 1. The Morgan fingerprint density at radius 1 is 1.35 bits per heavy atom. The smallest absolute Gasteiger partial charge is 0.165 e. The molecular formula is C20H21BrClN3O. The van der Waals surface area contributed by atoms with Crippen LogP contribution >= 0.6 is 27.5 Å². The predicted octanol–water partition coefficient (Wildman–Crippen LogP) is 5.63. The lowest BCUT2D eigenvalue weighted by Gasteiger charge is -2.48. The normalized spacial score (nSPS) is 29.6. The number of allylic oxidation sites excluding steroid dienone is 2. The highest BCUT2D eigenvalue weighted by Gasteiger charge is 2.54. The van der Waals surface area contributed by atoms with E-state index >= 15 is 0 Å². The molecule has 0 saturated heterocycles. The van der Waals surface area contributed by atoms with Gasteiger partial charge < -0.3 is 5.32 Å². The van der Waals surface area contributed by atoms with E-state index in [1.54, 1.807) is 0 Å². The van der Waals surface area contributed by atoms with Crippen LogP contribution in [0.2, 0.25) is 5.02 Å². The second-order valence-corrected chi connectivity index (χ2v) is 9.22. The summed E-state index contributed by atoms with van der Waals surface area (Å²) in [6, 6.07) is 7.83. The molecule has 136 valence electrons. The van der Waals surface area contributed by atoms with E-state index in [1.807, 2.05) is 18.2 Å². The molecule has 2 aliphatic heterocycles. The van der Waals surface area contributed by atoms with Crippen LogP contribution in [0.25, 0.3) is 0 Å². The van der Waals surface area contributed by atoms with Crippen molar-refractivity contribution in [2.75, 3.05) is 0 Å². The maximum absolute atomic E-state index is 13.3. The van der Waals surface area contributed by atoms with E-state index in [9.17, 15) is 4.79 Å². The molecule has 0 radical (unpaired) electrons. The largest absolute Gasteiger partial charge is 0.362 e. The van der Waals surface area contributed by atoms with Gasteiger partial charge in [-0.3, -0.25) is 4.79 Å². The molecule has 2 heterocycles. The molecule has 1 N–H and O–H groups in total. The van der Waals surface area contributed by atoms with Crippen LogP contribution in [0.5, 0.6) is 0 Å². The van der Waals surface area contributed by atoms with Crippen molar-refractivity contribution in [2.24, 2.45) is 15.6 Å². The molecule has 1 aliphatic carbocycles. The number of benzene rings is 1. The Balaban J connectivity index is 2.04. The third-order valence-corrected chi connectivity index (χ3v) is 6.50. The molecule has 0 saturated carbocycles. The van der Waals surface area contributed by atoms with Crippen LogP contribution in [0.3, 0.4) is 0 Å². The van der Waals surface area contributed by atoms with Crippen LogP contribution in [0.15, 0.2) is 55.9 Å². The van der Waals surface area contributed by atoms with Crippen molar-refractivity contribution in [1.29, 1.82) is 0 Å². The molecular weight excluding hydrogens is 414 g/mol. The summed E-state index contributed by atoms with van der Waals surface area (Å²) in [5.74, 6) is 0.198. The van der Waals surface area contributed by atoms with Crippen LogP contribution in [0, 0.1) is 5.41 Å². The average molecular weight is 435 g/mol. The van der Waals surface area contributed by atoms with E-state index in [4.69, 9.17) is 11.6 Å². The maximum Gasteiger partial charge on any atom is 0.165 e. The van der Waals surface area contributed by atoms with Gasteiger partial charge in [0, 0.05) is 28.3 Å². The van der Waals surface area contributed by atoms with E-state index < -0.39 is 5.41 Å². The maximum atomic E-state index is 13.3. The first-order valence-electron chi connectivity index (χ1n) is 8.89. The fourth-order valence-corrected chi connectivity index (χ4v) is 5.54. The van der Waals surface area contributed by atoms with Crippen molar-refractivity contribution in [3.63, 3.8) is 0 Å². The van der Waals surface area contributed by atoms with E-state index in [0.29, 0.717) is 16.0 Å². The summed E-state index contributed by atoms with van der Waals surface area (Å²) in [5, 5.41) is 12.8. The number of rotatable bonds is 2. The summed E-state index contributed by atoms with van der Waals surface area (Å²) in [5.41, 5.74) is 3.27. The molecule has 4 nitrogen and oxygen atoms in total. The Bertz CT molecular complexity index is 902. The Morgan fingerprint density at radius 3 is 2.81 bits per heavy atom. The van der Waals surface area contributed by atoms with Gasteiger partial charge in [-0.15, -0.1) is 5.11 Å². The predicted molar refractivity (Wildman–Crippen MR) is 106 cm³/mol. The molecule has 1 unspecified atom stereocenters. The number of nitrogens with zero attached hydrogens (tertiary/aromatic N) is 2. The zero-order valence-electron chi connectivity index (χ0n) is 15.1. The first kappa shape index (κ1) is 17.9. The topological polar surface area (TPSA) is 53.8 Å². The first-order chi connectivity index (χ1) is 12.3. The molecule has 6 heteroatoms. The molecule has 0 spiro atoms. The van der Waals surface area contributed by atoms with Crippen LogP contribution < -0.4 is 5.32 Å². The van der Waals surface area contributed by atoms with Gasteiger partial charge in [-0.25, -0.2) is 0 Å². The Kier molecular flexibility index (Phi) is 4.16. The molecule has 0 aromatic heterocycles. The Morgan fingerprint density at radius 2 is 2.12 bits per heavy atom.